The second-order valence-corrected chi connectivity index (χ2v) is 9.79. The zero-order valence-corrected chi connectivity index (χ0v) is 18.1. The molecule has 29 heavy (non-hydrogen) atoms. The lowest BCUT2D eigenvalue weighted by Crippen LogP contribution is -2.36. The van der Waals surface area contributed by atoms with Gasteiger partial charge in [0.25, 0.3) is 0 Å². The van der Waals surface area contributed by atoms with Gasteiger partial charge in [-0.1, -0.05) is 58.0 Å². The molecule has 0 bridgehead atoms. The van der Waals surface area contributed by atoms with Crippen LogP contribution in [-0.2, 0) is 26.1 Å². The summed E-state index contributed by atoms with van der Waals surface area (Å²) in [4.78, 5) is 0. The van der Waals surface area contributed by atoms with E-state index in [1.165, 1.54) is 17.5 Å². The van der Waals surface area contributed by atoms with Crippen LogP contribution < -0.4 is 5.46 Å². The molecule has 1 aliphatic carbocycles. The zero-order chi connectivity index (χ0) is 21.0. The van der Waals surface area contributed by atoms with E-state index in [0.717, 1.165) is 23.1 Å². The highest BCUT2D eigenvalue weighted by molar-refractivity contribution is 6.58. The normalized spacial score (nSPS) is 21.6. The summed E-state index contributed by atoms with van der Waals surface area (Å²) in [6.07, 6.45) is 2.32. The van der Waals surface area contributed by atoms with Crippen LogP contribution in [-0.4, -0.2) is 30.4 Å². The molecule has 2 aromatic rings. The highest BCUT2D eigenvalue weighted by atomic mass is 16.7. The van der Waals surface area contributed by atoms with Crippen molar-refractivity contribution in [3.63, 3.8) is 0 Å². The highest BCUT2D eigenvalue weighted by Crippen LogP contribution is 2.49. The van der Waals surface area contributed by atoms with Crippen molar-refractivity contribution in [3.05, 3.63) is 64.2 Å². The second kappa shape index (κ2) is 6.95. The second-order valence-electron chi connectivity index (χ2n) is 9.79. The monoisotopic (exact) mass is 394 g/mol. The predicted octanol–water partition coefficient (Wildman–Crippen LogP) is 3.27. The van der Waals surface area contributed by atoms with E-state index in [2.05, 4.69) is 46.8 Å². The molecule has 4 rings (SSSR count). The van der Waals surface area contributed by atoms with Gasteiger partial charge in [-0.3, -0.25) is 0 Å². The predicted molar refractivity (Wildman–Crippen MR) is 115 cm³/mol. The number of hydrogen-bond donors (Lipinski definition) is 2. The highest BCUT2D eigenvalue weighted by Gasteiger charge is 2.45. The third kappa shape index (κ3) is 3.34. The van der Waals surface area contributed by atoms with Crippen molar-refractivity contribution in [2.45, 2.75) is 64.1 Å². The largest absolute Gasteiger partial charge is 0.488 e. The Morgan fingerprint density at radius 3 is 1.83 bits per heavy atom. The lowest BCUT2D eigenvalue weighted by atomic mass is 9.62. The topological polar surface area (TPSA) is 58.9 Å². The molecule has 5 heteroatoms. The number of benzene rings is 2. The molecule has 0 radical (unpaired) electrons. The third-order valence-corrected chi connectivity index (χ3v) is 6.84. The number of fused-ring (bicyclic) bond motifs is 1. The van der Waals surface area contributed by atoms with Crippen molar-refractivity contribution in [2.24, 2.45) is 0 Å². The first-order valence-corrected chi connectivity index (χ1v) is 10.5. The Labute approximate surface area is 174 Å². The molecule has 1 heterocycles. The van der Waals surface area contributed by atoms with Gasteiger partial charge in [-0.15, -0.1) is 0 Å². The molecule has 0 amide bonds. The Kier molecular flexibility index (Phi) is 4.94. The molecule has 2 N–H and O–H groups in total. The summed E-state index contributed by atoms with van der Waals surface area (Å²) < 4.78 is 12.5. The number of aryl methyl sites for hydroxylation is 1. The molecule has 2 aromatic carbocycles. The fourth-order valence-corrected chi connectivity index (χ4v) is 4.84. The Morgan fingerprint density at radius 2 is 1.31 bits per heavy atom. The first-order valence-electron chi connectivity index (χ1n) is 10.5. The van der Waals surface area contributed by atoms with Crippen LogP contribution in [0.4, 0.5) is 0 Å². The fourth-order valence-electron chi connectivity index (χ4n) is 4.84. The Bertz CT molecular complexity index is 909. The molecule has 1 aliphatic heterocycles. The van der Waals surface area contributed by atoms with Crippen LogP contribution in [0.3, 0.4) is 0 Å². The summed E-state index contributed by atoms with van der Waals surface area (Å²) in [6.45, 7) is 12.5. The molecule has 4 nitrogen and oxygen atoms in total. The third-order valence-electron chi connectivity index (χ3n) is 6.84. The lowest BCUT2D eigenvalue weighted by molar-refractivity contribution is -0.130. The molecule has 0 unspecified atom stereocenters. The molecule has 1 fully saturated rings. The van der Waals surface area contributed by atoms with Crippen molar-refractivity contribution < 1.29 is 19.5 Å². The Hall–Kier alpha value is -1.66. The van der Waals surface area contributed by atoms with E-state index < -0.39 is 12.9 Å². The lowest BCUT2D eigenvalue weighted by Gasteiger charge is -2.43. The average Bonchev–Trinajstić information content (AvgIpc) is 3.16. The fraction of sp³-hybridized carbons (Fsp3) is 0.500. The standard InChI is InChI=1S/C24H31BO4/c1-16-14-20-21(23(4,5)11-10-22(20,2)3)15-19(16)24(28-12-13-29-24)17-6-8-18(9-7-17)25(26)27/h6-9,14-15,26-27H,10-13H2,1-5H3. The minimum Gasteiger partial charge on any atom is -0.423 e. The maximum Gasteiger partial charge on any atom is 0.488 e. The van der Waals surface area contributed by atoms with Gasteiger partial charge in [-0.2, -0.15) is 0 Å². The summed E-state index contributed by atoms with van der Waals surface area (Å²) in [6, 6.07) is 11.8. The molecular weight excluding hydrogens is 363 g/mol. The number of hydrogen-bond acceptors (Lipinski definition) is 4. The average molecular weight is 394 g/mol. The molecule has 0 spiro atoms. The summed E-state index contributed by atoms with van der Waals surface area (Å²) in [5.74, 6) is -0.963. The van der Waals surface area contributed by atoms with Gasteiger partial charge >= 0.3 is 7.12 Å². The summed E-state index contributed by atoms with van der Waals surface area (Å²) in [5.41, 5.74) is 6.55. The first kappa shape index (κ1) is 20.6. The van der Waals surface area contributed by atoms with Crippen molar-refractivity contribution in [2.75, 3.05) is 13.2 Å². The minimum atomic E-state index is -1.49. The summed E-state index contributed by atoms with van der Waals surface area (Å²) >= 11 is 0. The van der Waals surface area contributed by atoms with Gasteiger partial charge in [0, 0.05) is 11.1 Å². The van der Waals surface area contributed by atoms with Gasteiger partial charge in [-0.05, 0) is 58.8 Å². The maximum absolute atomic E-state index is 9.44. The van der Waals surface area contributed by atoms with Crippen LogP contribution in [0.25, 0.3) is 0 Å². The van der Waals surface area contributed by atoms with Crippen LogP contribution >= 0.6 is 0 Å². The van der Waals surface area contributed by atoms with E-state index >= 15 is 0 Å². The maximum atomic E-state index is 9.44. The van der Waals surface area contributed by atoms with Crippen LogP contribution in [0, 0.1) is 6.92 Å². The summed E-state index contributed by atoms with van der Waals surface area (Å²) in [7, 11) is -1.49. The van der Waals surface area contributed by atoms with Gasteiger partial charge in [-0.25, -0.2) is 0 Å². The van der Waals surface area contributed by atoms with E-state index in [0.29, 0.717) is 18.7 Å². The van der Waals surface area contributed by atoms with Crippen LogP contribution in [0.15, 0.2) is 36.4 Å². The van der Waals surface area contributed by atoms with E-state index in [1.54, 1.807) is 12.1 Å². The smallest absolute Gasteiger partial charge is 0.423 e. The van der Waals surface area contributed by atoms with Gasteiger partial charge in [0.2, 0.25) is 5.79 Å². The van der Waals surface area contributed by atoms with Crippen molar-refractivity contribution in [3.8, 4) is 0 Å². The Balaban J connectivity index is 1.89. The molecule has 0 atom stereocenters. The quantitative estimate of drug-likeness (QED) is 0.785. The Morgan fingerprint density at radius 1 is 0.793 bits per heavy atom. The van der Waals surface area contributed by atoms with Crippen LogP contribution in [0.5, 0.6) is 0 Å². The number of ether oxygens (including phenoxy) is 2. The van der Waals surface area contributed by atoms with Crippen molar-refractivity contribution >= 4 is 12.6 Å². The van der Waals surface area contributed by atoms with E-state index in [-0.39, 0.29) is 10.8 Å². The van der Waals surface area contributed by atoms with E-state index in [1.807, 2.05) is 12.1 Å². The molecule has 1 saturated heterocycles. The molecular formula is C24H31BO4. The van der Waals surface area contributed by atoms with E-state index in [4.69, 9.17) is 9.47 Å². The van der Waals surface area contributed by atoms with Crippen molar-refractivity contribution in [1.82, 2.24) is 0 Å². The molecule has 154 valence electrons. The van der Waals surface area contributed by atoms with Crippen LogP contribution in [0.2, 0.25) is 0 Å². The van der Waals surface area contributed by atoms with Gasteiger partial charge in [0.15, 0.2) is 0 Å². The van der Waals surface area contributed by atoms with Gasteiger partial charge in [0.05, 0.1) is 13.2 Å². The minimum absolute atomic E-state index is 0.0952. The SMILES string of the molecule is Cc1cc2c(cc1C1(c3ccc(B(O)O)cc3)OCCO1)C(C)(C)CCC2(C)C. The first-order chi connectivity index (χ1) is 13.6. The van der Waals surface area contributed by atoms with Crippen LogP contribution in [0.1, 0.15) is 68.4 Å². The van der Waals surface area contributed by atoms with Crippen molar-refractivity contribution in [1.29, 1.82) is 0 Å². The van der Waals surface area contributed by atoms with Gasteiger partial charge in [0.1, 0.15) is 0 Å². The van der Waals surface area contributed by atoms with Gasteiger partial charge < -0.3 is 19.5 Å². The number of rotatable bonds is 3. The van der Waals surface area contributed by atoms with E-state index in [9.17, 15) is 10.0 Å². The molecule has 0 aromatic heterocycles. The molecule has 0 saturated carbocycles. The molecule has 2 aliphatic rings. The summed E-state index contributed by atoms with van der Waals surface area (Å²) in [5, 5.41) is 18.9. The zero-order valence-electron chi connectivity index (χ0n) is 18.1.